The third-order valence-corrected chi connectivity index (χ3v) is 4.89. The number of hydrogen-bond acceptors (Lipinski definition) is 2. The van der Waals surface area contributed by atoms with Gasteiger partial charge in [-0.2, -0.15) is 0 Å². The number of rotatable bonds is 5. The lowest BCUT2D eigenvalue weighted by atomic mass is 10.0. The van der Waals surface area contributed by atoms with Gasteiger partial charge in [0.05, 0.1) is 0 Å². The minimum absolute atomic E-state index is 0.135. The van der Waals surface area contributed by atoms with E-state index in [1.807, 2.05) is 29.2 Å². The van der Waals surface area contributed by atoms with Crippen molar-refractivity contribution < 1.29 is 9.59 Å². The van der Waals surface area contributed by atoms with Gasteiger partial charge in [0.2, 0.25) is 5.91 Å². The zero-order chi connectivity index (χ0) is 16.9. The van der Waals surface area contributed by atoms with Crippen LogP contribution in [0.4, 0.5) is 4.79 Å². The van der Waals surface area contributed by atoms with E-state index in [2.05, 4.69) is 10.6 Å². The Morgan fingerprint density at radius 3 is 2.58 bits per heavy atom. The third-order valence-electron chi connectivity index (χ3n) is 4.66. The van der Waals surface area contributed by atoms with Gasteiger partial charge in [0.25, 0.3) is 0 Å². The molecule has 2 aliphatic rings. The molecule has 1 aromatic carbocycles. The molecule has 3 amide bonds. The summed E-state index contributed by atoms with van der Waals surface area (Å²) in [5.41, 5.74) is 1.11. The van der Waals surface area contributed by atoms with Gasteiger partial charge in [-0.1, -0.05) is 23.7 Å². The van der Waals surface area contributed by atoms with Crippen molar-refractivity contribution in [3.05, 3.63) is 34.9 Å². The Morgan fingerprint density at radius 1 is 1.17 bits per heavy atom. The number of amides is 3. The monoisotopic (exact) mass is 349 g/mol. The molecule has 0 atom stereocenters. The highest BCUT2D eigenvalue weighted by molar-refractivity contribution is 6.30. The highest BCUT2D eigenvalue weighted by Crippen LogP contribution is 2.31. The number of carbonyl (C=O) groups excluding carboxylic acids is 2. The van der Waals surface area contributed by atoms with Crippen molar-refractivity contribution in [1.29, 1.82) is 0 Å². The van der Waals surface area contributed by atoms with Gasteiger partial charge in [0.15, 0.2) is 0 Å². The smallest absolute Gasteiger partial charge is 0.315 e. The van der Waals surface area contributed by atoms with E-state index in [4.69, 9.17) is 11.6 Å². The molecule has 0 unspecified atom stereocenters. The van der Waals surface area contributed by atoms with Crippen LogP contribution in [0, 0.1) is 5.92 Å². The fourth-order valence-corrected chi connectivity index (χ4v) is 3.29. The number of piperidine rings is 1. The van der Waals surface area contributed by atoms with Gasteiger partial charge in [-0.3, -0.25) is 4.79 Å². The second-order valence-corrected chi connectivity index (χ2v) is 7.09. The molecule has 0 radical (unpaired) electrons. The van der Waals surface area contributed by atoms with Crippen molar-refractivity contribution >= 4 is 23.5 Å². The first-order valence-corrected chi connectivity index (χ1v) is 9.07. The van der Waals surface area contributed by atoms with Gasteiger partial charge in [-0.05, 0) is 49.8 Å². The molecule has 1 saturated heterocycles. The molecular formula is C18H24ClN3O2. The summed E-state index contributed by atoms with van der Waals surface area (Å²) in [5.74, 6) is 0.587. The summed E-state index contributed by atoms with van der Waals surface area (Å²) in [7, 11) is 0. The van der Waals surface area contributed by atoms with Crippen LogP contribution in [0.15, 0.2) is 24.3 Å². The molecule has 2 fully saturated rings. The number of halogens is 1. The molecule has 1 heterocycles. The largest absolute Gasteiger partial charge is 0.342 e. The number of carbonyl (C=O) groups is 2. The normalized spacial score (nSPS) is 18.3. The molecule has 0 bridgehead atoms. The lowest BCUT2D eigenvalue weighted by molar-refractivity contribution is -0.133. The fourth-order valence-electron chi connectivity index (χ4n) is 3.08. The second kappa shape index (κ2) is 7.88. The zero-order valence-electron chi connectivity index (χ0n) is 13.8. The Hall–Kier alpha value is -1.75. The number of urea groups is 1. The molecule has 3 rings (SSSR count). The second-order valence-electron chi connectivity index (χ2n) is 6.65. The molecule has 5 nitrogen and oxygen atoms in total. The summed E-state index contributed by atoms with van der Waals surface area (Å²) in [6, 6.07) is 7.68. The summed E-state index contributed by atoms with van der Waals surface area (Å²) in [6.07, 6.45) is 4.51. The van der Waals surface area contributed by atoms with Crippen molar-refractivity contribution in [2.45, 2.75) is 38.1 Å². The first kappa shape index (κ1) is 17.1. The van der Waals surface area contributed by atoms with Crippen molar-refractivity contribution in [3.63, 3.8) is 0 Å². The maximum Gasteiger partial charge on any atom is 0.315 e. The third kappa shape index (κ3) is 4.87. The summed E-state index contributed by atoms with van der Waals surface area (Å²) in [5, 5.41) is 6.61. The topological polar surface area (TPSA) is 61.4 Å². The number of hydrogen-bond donors (Lipinski definition) is 2. The minimum atomic E-state index is -0.135. The molecular weight excluding hydrogens is 326 g/mol. The first-order valence-electron chi connectivity index (χ1n) is 8.69. The first-order chi connectivity index (χ1) is 11.6. The summed E-state index contributed by atoms with van der Waals surface area (Å²) < 4.78 is 0. The van der Waals surface area contributed by atoms with Crippen molar-refractivity contribution in [1.82, 2.24) is 15.5 Å². The van der Waals surface area contributed by atoms with E-state index in [9.17, 15) is 9.59 Å². The number of nitrogens with zero attached hydrogens (tertiary/aromatic N) is 1. The minimum Gasteiger partial charge on any atom is -0.342 e. The molecule has 1 aliphatic heterocycles. The molecule has 1 saturated carbocycles. The van der Waals surface area contributed by atoms with Gasteiger partial charge < -0.3 is 15.5 Å². The number of nitrogens with one attached hydrogen (secondary N) is 2. The van der Waals surface area contributed by atoms with Crippen LogP contribution in [0.25, 0.3) is 0 Å². The molecule has 130 valence electrons. The van der Waals surface area contributed by atoms with Crippen molar-refractivity contribution in [2.24, 2.45) is 5.92 Å². The lowest BCUT2D eigenvalue weighted by Crippen LogP contribution is -2.49. The van der Waals surface area contributed by atoms with E-state index in [1.165, 1.54) is 0 Å². The number of likely N-dealkylation sites (tertiary alicyclic amines) is 1. The van der Waals surface area contributed by atoms with Crippen LogP contribution in [0.2, 0.25) is 5.02 Å². The molecule has 0 aromatic heterocycles. The van der Waals surface area contributed by atoms with Crippen LogP contribution in [0.1, 0.15) is 31.2 Å². The van der Waals surface area contributed by atoms with Crippen LogP contribution in [-0.2, 0) is 11.2 Å². The van der Waals surface area contributed by atoms with E-state index >= 15 is 0 Å². The molecule has 24 heavy (non-hydrogen) atoms. The Labute approximate surface area is 147 Å². The summed E-state index contributed by atoms with van der Waals surface area (Å²) >= 11 is 5.94. The quantitative estimate of drug-likeness (QED) is 0.858. The Balaban J connectivity index is 1.33. The standard InChI is InChI=1S/C18H24ClN3O2/c19-15-3-1-2-13(12-15)6-9-20-18(24)21-16-7-10-22(11-8-16)17(23)14-4-5-14/h1-3,12,14,16H,4-11H2,(H2,20,21,24). The Morgan fingerprint density at radius 2 is 1.92 bits per heavy atom. The van der Waals surface area contributed by atoms with Gasteiger partial charge in [0.1, 0.15) is 0 Å². The van der Waals surface area contributed by atoms with E-state index in [-0.39, 0.29) is 18.0 Å². The molecule has 6 heteroatoms. The van der Waals surface area contributed by atoms with E-state index in [1.54, 1.807) is 0 Å². The van der Waals surface area contributed by atoms with Crippen molar-refractivity contribution in [3.8, 4) is 0 Å². The molecule has 1 aromatic rings. The van der Waals surface area contributed by atoms with Crippen molar-refractivity contribution in [2.75, 3.05) is 19.6 Å². The Kier molecular flexibility index (Phi) is 5.61. The predicted molar refractivity (Wildman–Crippen MR) is 94.0 cm³/mol. The fraction of sp³-hybridized carbons (Fsp3) is 0.556. The van der Waals surface area contributed by atoms with E-state index in [0.717, 1.165) is 50.8 Å². The van der Waals surface area contributed by atoms with E-state index < -0.39 is 0 Å². The van der Waals surface area contributed by atoms with Gasteiger partial charge in [0, 0.05) is 36.6 Å². The highest BCUT2D eigenvalue weighted by Gasteiger charge is 2.35. The molecule has 2 N–H and O–H groups in total. The maximum atomic E-state index is 12.0. The number of benzene rings is 1. The van der Waals surface area contributed by atoms with Crippen LogP contribution in [0.5, 0.6) is 0 Å². The molecule has 1 aliphatic carbocycles. The van der Waals surface area contributed by atoms with Crippen LogP contribution in [0.3, 0.4) is 0 Å². The maximum absolute atomic E-state index is 12.0. The van der Waals surface area contributed by atoms with Crippen LogP contribution < -0.4 is 10.6 Å². The SMILES string of the molecule is O=C(NCCc1cccc(Cl)c1)NC1CCN(C(=O)C2CC2)CC1. The summed E-state index contributed by atoms with van der Waals surface area (Å²) in [6.45, 7) is 2.08. The van der Waals surface area contributed by atoms with Crippen LogP contribution >= 0.6 is 11.6 Å². The average molecular weight is 350 g/mol. The van der Waals surface area contributed by atoms with Gasteiger partial charge in [-0.15, -0.1) is 0 Å². The lowest BCUT2D eigenvalue weighted by Gasteiger charge is -2.32. The predicted octanol–water partition coefficient (Wildman–Crippen LogP) is 2.58. The Bertz CT molecular complexity index is 596. The van der Waals surface area contributed by atoms with E-state index in [0.29, 0.717) is 17.5 Å². The van der Waals surface area contributed by atoms with Gasteiger partial charge in [-0.25, -0.2) is 4.79 Å². The highest BCUT2D eigenvalue weighted by atomic mass is 35.5. The van der Waals surface area contributed by atoms with Crippen LogP contribution in [-0.4, -0.2) is 42.5 Å². The zero-order valence-corrected chi connectivity index (χ0v) is 14.5. The summed E-state index contributed by atoms with van der Waals surface area (Å²) in [4.78, 5) is 25.9. The molecule has 0 spiro atoms. The average Bonchev–Trinajstić information content (AvgIpc) is 3.40. The van der Waals surface area contributed by atoms with Gasteiger partial charge >= 0.3 is 6.03 Å².